The molecule has 0 bridgehead atoms. The molecule has 0 spiro atoms. The topological polar surface area (TPSA) is 74.6 Å². The first-order valence-corrected chi connectivity index (χ1v) is 10.3. The number of anilines is 1. The Kier molecular flexibility index (Phi) is 6.82. The van der Waals surface area contributed by atoms with Crippen LogP contribution in [0.1, 0.15) is 17.4 Å². The summed E-state index contributed by atoms with van der Waals surface area (Å²) in [5, 5.41) is 5.83. The Morgan fingerprint density at radius 3 is 2.70 bits per heavy atom. The van der Waals surface area contributed by atoms with Gasteiger partial charge in [0.05, 0.1) is 12.3 Å². The van der Waals surface area contributed by atoms with Crippen molar-refractivity contribution in [3.05, 3.63) is 52.9 Å². The van der Waals surface area contributed by atoms with E-state index in [4.69, 9.17) is 16.0 Å². The van der Waals surface area contributed by atoms with Crippen molar-refractivity contribution in [3.63, 3.8) is 0 Å². The third kappa shape index (κ3) is 5.28. The summed E-state index contributed by atoms with van der Waals surface area (Å²) in [7, 11) is 0. The standard InChI is InChI=1S/C19H22ClN3O3S/c1-13-4-5-14(11-15(13)20)22-19(25)18(24)21-12-16(17-3-2-8-26-17)23-6-9-27-10-7-23/h2-5,8,11,16H,6-7,9-10,12H2,1H3,(H,21,24)(H,22,25). The Hall–Kier alpha value is -1.96. The molecule has 27 heavy (non-hydrogen) atoms. The highest BCUT2D eigenvalue weighted by atomic mass is 35.5. The monoisotopic (exact) mass is 407 g/mol. The van der Waals surface area contributed by atoms with E-state index < -0.39 is 11.8 Å². The molecule has 0 radical (unpaired) electrons. The largest absolute Gasteiger partial charge is 0.468 e. The van der Waals surface area contributed by atoms with E-state index in [0.29, 0.717) is 17.3 Å². The minimum atomic E-state index is -0.720. The fraction of sp³-hybridized carbons (Fsp3) is 0.368. The van der Waals surface area contributed by atoms with Crippen LogP contribution in [0.25, 0.3) is 0 Å². The zero-order chi connectivity index (χ0) is 19.2. The van der Waals surface area contributed by atoms with Crippen molar-refractivity contribution in [3.8, 4) is 0 Å². The Bertz CT molecular complexity index is 792. The lowest BCUT2D eigenvalue weighted by Gasteiger charge is -2.33. The fourth-order valence-electron chi connectivity index (χ4n) is 2.91. The molecule has 3 rings (SSSR count). The van der Waals surface area contributed by atoms with Crippen LogP contribution in [0.15, 0.2) is 41.0 Å². The first-order chi connectivity index (χ1) is 13.0. The SMILES string of the molecule is Cc1ccc(NC(=O)C(=O)NCC(c2ccco2)N2CCSCC2)cc1Cl. The summed E-state index contributed by atoms with van der Waals surface area (Å²) in [5.74, 6) is 1.46. The number of benzene rings is 1. The van der Waals surface area contributed by atoms with Crippen LogP contribution in [0.5, 0.6) is 0 Å². The number of nitrogens with zero attached hydrogens (tertiary/aromatic N) is 1. The van der Waals surface area contributed by atoms with Crippen LogP contribution in [0.2, 0.25) is 5.02 Å². The molecule has 6 nitrogen and oxygen atoms in total. The quantitative estimate of drug-likeness (QED) is 0.745. The van der Waals surface area contributed by atoms with Gasteiger partial charge in [-0.3, -0.25) is 14.5 Å². The lowest BCUT2D eigenvalue weighted by Crippen LogP contribution is -2.44. The zero-order valence-corrected chi connectivity index (χ0v) is 16.6. The molecule has 0 aliphatic carbocycles. The van der Waals surface area contributed by atoms with Gasteiger partial charge < -0.3 is 15.1 Å². The number of halogens is 1. The number of amides is 2. The Labute approximate surface area is 167 Å². The minimum Gasteiger partial charge on any atom is -0.468 e. The number of furan rings is 1. The third-order valence-corrected chi connectivity index (χ3v) is 5.80. The van der Waals surface area contributed by atoms with Gasteiger partial charge in [0.1, 0.15) is 5.76 Å². The van der Waals surface area contributed by atoms with Gasteiger partial charge in [-0.1, -0.05) is 17.7 Å². The summed E-state index contributed by atoms with van der Waals surface area (Å²) in [6.45, 7) is 4.01. The van der Waals surface area contributed by atoms with Crippen LogP contribution in [-0.2, 0) is 9.59 Å². The summed E-state index contributed by atoms with van der Waals surface area (Å²) >= 11 is 7.96. The van der Waals surface area contributed by atoms with Gasteiger partial charge in [-0.25, -0.2) is 0 Å². The molecule has 2 heterocycles. The predicted molar refractivity (Wildman–Crippen MR) is 108 cm³/mol. The second kappa shape index (κ2) is 9.30. The average molecular weight is 408 g/mol. The van der Waals surface area contributed by atoms with Crippen LogP contribution in [0, 0.1) is 6.92 Å². The first-order valence-electron chi connectivity index (χ1n) is 8.75. The van der Waals surface area contributed by atoms with Gasteiger partial charge in [0.2, 0.25) is 0 Å². The summed E-state index contributed by atoms with van der Waals surface area (Å²) in [6.07, 6.45) is 1.62. The molecule has 2 aromatic rings. The lowest BCUT2D eigenvalue weighted by atomic mass is 10.2. The van der Waals surface area contributed by atoms with Crippen LogP contribution >= 0.6 is 23.4 Å². The zero-order valence-electron chi connectivity index (χ0n) is 15.0. The molecule has 144 valence electrons. The van der Waals surface area contributed by atoms with Gasteiger partial charge in [-0.05, 0) is 36.8 Å². The number of hydrogen-bond donors (Lipinski definition) is 2. The third-order valence-electron chi connectivity index (χ3n) is 4.45. The highest BCUT2D eigenvalue weighted by Gasteiger charge is 2.26. The van der Waals surface area contributed by atoms with E-state index in [1.165, 1.54) is 0 Å². The molecular formula is C19H22ClN3O3S. The van der Waals surface area contributed by atoms with Gasteiger partial charge >= 0.3 is 11.8 Å². The van der Waals surface area contributed by atoms with Crippen molar-refractivity contribution in [1.29, 1.82) is 0 Å². The summed E-state index contributed by atoms with van der Waals surface area (Å²) in [6, 6.07) is 8.76. The molecule has 1 aliphatic rings. The van der Waals surface area contributed by atoms with Gasteiger partial charge in [-0.2, -0.15) is 11.8 Å². The van der Waals surface area contributed by atoms with Crippen molar-refractivity contribution in [2.45, 2.75) is 13.0 Å². The number of rotatable bonds is 5. The summed E-state index contributed by atoms with van der Waals surface area (Å²) in [5.41, 5.74) is 1.39. The van der Waals surface area contributed by atoms with E-state index in [2.05, 4.69) is 15.5 Å². The maximum atomic E-state index is 12.2. The highest BCUT2D eigenvalue weighted by Crippen LogP contribution is 2.24. The Morgan fingerprint density at radius 2 is 2.04 bits per heavy atom. The molecule has 1 atom stereocenters. The Balaban J connectivity index is 1.59. The van der Waals surface area contributed by atoms with E-state index in [1.54, 1.807) is 24.5 Å². The number of thioether (sulfide) groups is 1. The summed E-state index contributed by atoms with van der Waals surface area (Å²) in [4.78, 5) is 26.7. The molecular weight excluding hydrogens is 386 g/mol. The van der Waals surface area contributed by atoms with Crippen LogP contribution in [0.4, 0.5) is 5.69 Å². The van der Waals surface area contributed by atoms with Crippen molar-refractivity contribution in [2.75, 3.05) is 36.5 Å². The molecule has 1 saturated heterocycles. The summed E-state index contributed by atoms with van der Waals surface area (Å²) < 4.78 is 5.55. The smallest absolute Gasteiger partial charge is 0.313 e. The highest BCUT2D eigenvalue weighted by molar-refractivity contribution is 7.99. The van der Waals surface area contributed by atoms with Crippen LogP contribution < -0.4 is 10.6 Å². The maximum Gasteiger partial charge on any atom is 0.313 e. The van der Waals surface area contributed by atoms with Gasteiger partial charge in [0.25, 0.3) is 0 Å². The molecule has 1 aromatic carbocycles. The van der Waals surface area contributed by atoms with E-state index in [0.717, 1.165) is 35.9 Å². The number of nitrogens with one attached hydrogen (secondary N) is 2. The maximum absolute atomic E-state index is 12.2. The van der Waals surface area contributed by atoms with E-state index in [9.17, 15) is 9.59 Å². The van der Waals surface area contributed by atoms with E-state index in [1.807, 2.05) is 30.8 Å². The predicted octanol–water partition coefficient (Wildman–Crippen LogP) is 3.09. The average Bonchev–Trinajstić information content (AvgIpc) is 3.20. The molecule has 2 N–H and O–H groups in total. The van der Waals surface area contributed by atoms with Crippen LogP contribution in [-0.4, -0.2) is 47.9 Å². The first kappa shape index (κ1) is 19.8. The van der Waals surface area contributed by atoms with E-state index in [-0.39, 0.29) is 6.04 Å². The normalized spacial score (nSPS) is 15.9. The number of hydrogen-bond acceptors (Lipinski definition) is 5. The fourth-order valence-corrected chi connectivity index (χ4v) is 4.02. The Morgan fingerprint density at radius 1 is 1.26 bits per heavy atom. The van der Waals surface area contributed by atoms with Crippen molar-refractivity contribution < 1.29 is 14.0 Å². The van der Waals surface area contributed by atoms with E-state index >= 15 is 0 Å². The van der Waals surface area contributed by atoms with Crippen molar-refractivity contribution >= 4 is 40.9 Å². The van der Waals surface area contributed by atoms with Crippen molar-refractivity contribution in [2.24, 2.45) is 0 Å². The molecule has 2 amide bonds. The molecule has 0 saturated carbocycles. The van der Waals surface area contributed by atoms with Gasteiger partial charge in [0.15, 0.2) is 0 Å². The molecule has 1 aromatic heterocycles. The minimum absolute atomic E-state index is 0.0912. The molecule has 8 heteroatoms. The van der Waals surface area contributed by atoms with Crippen molar-refractivity contribution in [1.82, 2.24) is 10.2 Å². The number of aryl methyl sites for hydroxylation is 1. The van der Waals surface area contributed by atoms with Gasteiger partial charge in [-0.15, -0.1) is 0 Å². The second-order valence-corrected chi connectivity index (χ2v) is 7.94. The van der Waals surface area contributed by atoms with Crippen LogP contribution in [0.3, 0.4) is 0 Å². The molecule has 1 unspecified atom stereocenters. The lowest BCUT2D eigenvalue weighted by molar-refractivity contribution is -0.136. The number of carbonyl (C=O) groups is 2. The number of carbonyl (C=O) groups excluding carboxylic acids is 2. The molecule has 1 aliphatic heterocycles. The van der Waals surface area contributed by atoms with Gasteiger partial charge in [0, 0.05) is 41.8 Å². The second-order valence-electron chi connectivity index (χ2n) is 6.31. The molecule has 1 fully saturated rings.